The fraction of sp³-hybridized carbons (Fsp3) is 0.125. The first-order valence-corrected chi connectivity index (χ1v) is 9.41. The molecule has 0 atom stereocenters. The molecule has 3 rings (SSSR count). The molecule has 0 bridgehead atoms. The Morgan fingerprint density at radius 2 is 1.67 bits per heavy atom. The SMILES string of the molecule is O=S(=O)(Cl)c1ccc2c(c1)CC=C2c1ccc(C(F)(F)F)cc1Cl. The molecule has 0 aliphatic heterocycles. The summed E-state index contributed by atoms with van der Waals surface area (Å²) in [6.45, 7) is 0. The van der Waals surface area contributed by atoms with Crippen LogP contribution in [0.5, 0.6) is 0 Å². The van der Waals surface area contributed by atoms with E-state index in [2.05, 4.69) is 0 Å². The molecule has 8 heteroatoms. The summed E-state index contributed by atoms with van der Waals surface area (Å²) in [7, 11) is 1.49. The molecule has 2 aromatic rings. The maximum atomic E-state index is 12.7. The zero-order valence-corrected chi connectivity index (χ0v) is 14.2. The molecule has 0 heterocycles. The maximum Gasteiger partial charge on any atom is 0.416 e. The topological polar surface area (TPSA) is 34.1 Å². The molecule has 0 unspecified atom stereocenters. The van der Waals surface area contributed by atoms with Crippen LogP contribution in [0.3, 0.4) is 0 Å². The second-order valence-electron chi connectivity index (χ2n) is 5.27. The van der Waals surface area contributed by atoms with Gasteiger partial charge in [-0.3, -0.25) is 0 Å². The van der Waals surface area contributed by atoms with Gasteiger partial charge in [0.25, 0.3) is 9.05 Å². The van der Waals surface area contributed by atoms with Gasteiger partial charge in [0.05, 0.1) is 10.5 Å². The summed E-state index contributed by atoms with van der Waals surface area (Å²) in [5.74, 6) is 0. The lowest BCUT2D eigenvalue weighted by Gasteiger charge is -2.12. The van der Waals surface area contributed by atoms with Crippen molar-refractivity contribution in [2.24, 2.45) is 0 Å². The number of halogens is 5. The van der Waals surface area contributed by atoms with Gasteiger partial charge in [0, 0.05) is 21.3 Å². The standard InChI is InChI=1S/C16H9Cl2F3O2S/c17-15-8-10(16(19,20)21)2-5-14(15)13-4-1-9-7-11(24(18,22)23)3-6-12(9)13/h2-8H,1H2. The van der Waals surface area contributed by atoms with Crippen molar-refractivity contribution in [3.63, 3.8) is 0 Å². The highest BCUT2D eigenvalue weighted by molar-refractivity contribution is 8.13. The van der Waals surface area contributed by atoms with Crippen LogP contribution in [0.4, 0.5) is 13.2 Å². The summed E-state index contributed by atoms with van der Waals surface area (Å²) < 4.78 is 61.0. The van der Waals surface area contributed by atoms with Crippen LogP contribution in [0.2, 0.25) is 5.02 Å². The lowest BCUT2D eigenvalue weighted by Crippen LogP contribution is -2.05. The van der Waals surface area contributed by atoms with Crippen LogP contribution in [0.25, 0.3) is 5.57 Å². The number of allylic oxidation sites excluding steroid dienone is 1. The first kappa shape index (κ1) is 17.3. The lowest BCUT2D eigenvalue weighted by molar-refractivity contribution is -0.137. The number of hydrogen-bond donors (Lipinski definition) is 0. The van der Waals surface area contributed by atoms with Crippen molar-refractivity contribution in [1.29, 1.82) is 0 Å². The molecule has 1 aliphatic carbocycles. The van der Waals surface area contributed by atoms with Crippen molar-refractivity contribution < 1.29 is 21.6 Å². The highest BCUT2D eigenvalue weighted by atomic mass is 35.7. The minimum atomic E-state index is -4.46. The van der Waals surface area contributed by atoms with Crippen molar-refractivity contribution in [3.8, 4) is 0 Å². The van der Waals surface area contributed by atoms with Crippen LogP contribution in [0.15, 0.2) is 47.4 Å². The average molecular weight is 393 g/mol. The van der Waals surface area contributed by atoms with Gasteiger partial charge in [0.2, 0.25) is 0 Å². The highest BCUT2D eigenvalue weighted by Gasteiger charge is 2.31. The van der Waals surface area contributed by atoms with E-state index in [0.717, 1.165) is 23.3 Å². The summed E-state index contributed by atoms with van der Waals surface area (Å²) >= 11 is 6.03. The number of fused-ring (bicyclic) bond motifs is 1. The van der Waals surface area contributed by atoms with Crippen LogP contribution in [-0.2, 0) is 21.6 Å². The van der Waals surface area contributed by atoms with Gasteiger partial charge in [-0.1, -0.05) is 29.8 Å². The molecule has 126 valence electrons. The Balaban J connectivity index is 2.03. The van der Waals surface area contributed by atoms with E-state index in [1.54, 1.807) is 12.1 Å². The summed E-state index contributed by atoms with van der Waals surface area (Å²) in [5, 5.41) is -0.0158. The minimum absolute atomic E-state index is 0.0158. The average Bonchev–Trinajstić information content (AvgIpc) is 2.88. The first-order valence-electron chi connectivity index (χ1n) is 6.72. The Morgan fingerprint density at radius 1 is 1.00 bits per heavy atom. The third-order valence-corrected chi connectivity index (χ3v) is 5.43. The molecule has 24 heavy (non-hydrogen) atoms. The molecule has 0 radical (unpaired) electrons. The van der Waals surface area contributed by atoms with Crippen LogP contribution in [-0.4, -0.2) is 8.42 Å². The molecule has 0 saturated carbocycles. The summed E-state index contributed by atoms with van der Waals surface area (Å²) in [6.07, 6.45) is -2.22. The fourth-order valence-corrected chi connectivity index (χ4v) is 3.72. The predicted molar refractivity (Wildman–Crippen MR) is 86.7 cm³/mol. The van der Waals surface area contributed by atoms with Gasteiger partial charge in [0.15, 0.2) is 0 Å². The molecule has 0 amide bonds. The van der Waals surface area contributed by atoms with E-state index in [1.807, 2.05) is 0 Å². The van der Waals surface area contributed by atoms with Crippen LogP contribution in [0, 0.1) is 0 Å². The van der Waals surface area contributed by atoms with E-state index in [-0.39, 0.29) is 9.92 Å². The Labute approximate surface area is 145 Å². The first-order chi connectivity index (χ1) is 11.1. The van der Waals surface area contributed by atoms with Crippen molar-refractivity contribution in [2.45, 2.75) is 17.5 Å². The van der Waals surface area contributed by atoms with Crippen molar-refractivity contribution in [3.05, 3.63) is 69.8 Å². The predicted octanol–water partition coefficient (Wildman–Crippen LogP) is 5.27. The van der Waals surface area contributed by atoms with E-state index in [4.69, 9.17) is 22.3 Å². The van der Waals surface area contributed by atoms with E-state index in [0.29, 0.717) is 17.6 Å². The Hall–Kier alpha value is -1.50. The van der Waals surface area contributed by atoms with E-state index >= 15 is 0 Å². The fourth-order valence-electron chi connectivity index (χ4n) is 2.64. The quantitative estimate of drug-likeness (QED) is 0.652. The van der Waals surface area contributed by atoms with Gasteiger partial charge < -0.3 is 0 Å². The lowest BCUT2D eigenvalue weighted by atomic mass is 9.98. The largest absolute Gasteiger partial charge is 0.416 e. The Morgan fingerprint density at radius 3 is 2.25 bits per heavy atom. The molecule has 0 N–H and O–H groups in total. The van der Waals surface area contributed by atoms with Gasteiger partial charge in [0.1, 0.15) is 0 Å². The van der Waals surface area contributed by atoms with E-state index < -0.39 is 20.8 Å². The van der Waals surface area contributed by atoms with Gasteiger partial charge in [-0.05, 0) is 47.4 Å². The van der Waals surface area contributed by atoms with Gasteiger partial charge in [-0.2, -0.15) is 13.2 Å². The molecule has 0 spiro atoms. The third kappa shape index (κ3) is 3.18. The van der Waals surface area contributed by atoms with Crippen LogP contribution < -0.4 is 0 Å². The zero-order valence-electron chi connectivity index (χ0n) is 11.9. The zero-order chi connectivity index (χ0) is 17.7. The van der Waals surface area contributed by atoms with Gasteiger partial charge in [-0.25, -0.2) is 8.42 Å². The van der Waals surface area contributed by atoms with Gasteiger partial charge >= 0.3 is 6.18 Å². The molecular formula is C16H9Cl2F3O2S. The van der Waals surface area contributed by atoms with Gasteiger partial charge in [-0.15, -0.1) is 0 Å². The maximum absolute atomic E-state index is 12.7. The molecule has 0 fully saturated rings. The van der Waals surface area contributed by atoms with Crippen LogP contribution in [0.1, 0.15) is 22.3 Å². The molecular weight excluding hydrogens is 384 g/mol. The Kier molecular flexibility index (Phi) is 4.18. The molecule has 2 nitrogen and oxygen atoms in total. The molecule has 0 aromatic heterocycles. The third-order valence-electron chi connectivity index (χ3n) is 3.76. The number of hydrogen-bond acceptors (Lipinski definition) is 2. The monoisotopic (exact) mass is 392 g/mol. The highest BCUT2D eigenvalue weighted by Crippen LogP contribution is 2.39. The summed E-state index contributed by atoms with van der Waals surface area (Å²) in [4.78, 5) is -0.0175. The molecule has 0 saturated heterocycles. The number of rotatable bonds is 2. The smallest absolute Gasteiger partial charge is 0.207 e. The van der Waals surface area contributed by atoms with Crippen LogP contribution >= 0.6 is 22.3 Å². The Bertz CT molecular complexity index is 964. The summed E-state index contributed by atoms with van der Waals surface area (Å²) in [5.41, 5.74) is 1.76. The summed E-state index contributed by atoms with van der Waals surface area (Å²) in [6, 6.07) is 7.57. The van der Waals surface area contributed by atoms with Crippen molar-refractivity contribution >= 4 is 36.9 Å². The molecule has 1 aliphatic rings. The molecule has 2 aromatic carbocycles. The second kappa shape index (κ2) is 5.79. The second-order valence-corrected chi connectivity index (χ2v) is 8.24. The van der Waals surface area contributed by atoms with E-state index in [1.165, 1.54) is 18.2 Å². The van der Waals surface area contributed by atoms with Crippen molar-refractivity contribution in [1.82, 2.24) is 0 Å². The number of alkyl halides is 3. The van der Waals surface area contributed by atoms with E-state index in [9.17, 15) is 21.6 Å². The number of benzene rings is 2. The normalized spacial score (nSPS) is 14.5. The van der Waals surface area contributed by atoms with Crippen molar-refractivity contribution in [2.75, 3.05) is 0 Å². The minimum Gasteiger partial charge on any atom is -0.207 e.